The molecule has 0 saturated heterocycles. The number of hydrogen-bond acceptors (Lipinski definition) is 3. The Kier molecular flexibility index (Phi) is 3.98. The van der Waals surface area contributed by atoms with Crippen LogP contribution in [-0.2, 0) is 4.74 Å². The van der Waals surface area contributed by atoms with Crippen molar-refractivity contribution in [3.8, 4) is 0 Å². The Morgan fingerprint density at radius 1 is 1.67 bits per heavy atom. The number of alkyl halides is 2. The van der Waals surface area contributed by atoms with Gasteiger partial charge in [0, 0.05) is 0 Å². The van der Waals surface area contributed by atoms with E-state index in [4.69, 9.17) is 11.6 Å². The Morgan fingerprint density at radius 2 is 2.27 bits per heavy atom. The number of pyridine rings is 1. The van der Waals surface area contributed by atoms with E-state index in [0.29, 0.717) is 0 Å². The quantitative estimate of drug-likeness (QED) is 0.622. The van der Waals surface area contributed by atoms with E-state index < -0.39 is 23.7 Å². The summed E-state index contributed by atoms with van der Waals surface area (Å²) in [5.41, 5.74) is -1.10. The number of methoxy groups -OCH3 is 1. The Morgan fingerprint density at radius 3 is 2.73 bits per heavy atom. The number of esters is 1. The molecule has 0 aliphatic carbocycles. The molecule has 0 aromatic carbocycles. The molecule has 0 amide bonds. The first-order valence-electron chi connectivity index (χ1n) is 3.69. The van der Waals surface area contributed by atoms with E-state index >= 15 is 0 Å². The van der Waals surface area contributed by atoms with Crippen LogP contribution in [0.5, 0.6) is 0 Å². The highest BCUT2D eigenvalue weighted by Gasteiger charge is 2.24. The van der Waals surface area contributed by atoms with Gasteiger partial charge >= 0.3 is 5.97 Å². The largest absolute Gasteiger partial charge is 0.464 e. The molecular weight excluding hydrogens is 295 g/mol. The van der Waals surface area contributed by atoms with Crippen molar-refractivity contribution in [2.45, 2.75) is 6.43 Å². The minimum Gasteiger partial charge on any atom is -0.464 e. The average Bonchev–Trinajstić information content (AvgIpc) is 2.14. The smallest absolute Gasteiger partial charge is 0.357 e. The fourth-order valence-electron chi connectivity index (χ4n) is 0.955. The molecule has 1 aromatic rings. The van der Waals surface area contributed by atoms with Gasteiger partial charge in [-0.15, -0.1) is 0 Å². The summed E-state index contributed by atoms with van der Waals surface area (Å²) in [6.45, 7) is 0. The molecule has 0 spiro atoms. The third kappa shape index (κ3) is 2.63. The molecule has 0 fully saturated rings. The fraction of sp³-hybridized carbons (Fsp3) is 0.250. The number of ether oxygens (including phenoxy) is 1. The van der Waals surface area contributed by atoms with Crippen molar-refractivity contribution in [1.29, 1.82) is 0 Å². The summed E-state index contributed by atoms with van der Waals surface area (Å²) >= 11 is 8.52. The number of carbonyl (C=O) groups is 1. The Labute approximate surface area is 97.5 Å². The van der Waals surface area contributed by atoms with Crippen LogP contribution in [0.1, 0.15) is 22.5 Å². The van der Waals surface area contributed by atoms with Crippen LogP contribution < -0.4 is 0 Å². The molecule has 1 heterocycles. The number of hydrogen-bond donors (Lipinski definition) is 0. The second-order valence-corrected chi connectivity index (χ2v) is 3.70. The maximum Gasteiger partial charge on any atom is 0.357 e. The van der Waals surface area contributed by atoms with Gasteiger partial charge in [-0.1, -0.05) is 11.6 Å². The lowest BCUT2D eigenvalue weighted by Gasteiger charge is -2.08. The SMILES string of the molecule is COC(=O)c1nc(Br)cc(Cl)c1C(F)F. The Bertz CT molecular complexity index is 400. The molecule has 15 heavy (non-hydrogen) atoms. The third-order valence-electron chi connectivity index (χ3n) is 1.57. The van der Waals surface area contributed by atoms with Crippen LogP contribution in [0.2, 0.25) is 5.02 Å². The lowest BCUT2D eigenvalue weighted by atomic mass is 10.2. The van der Waals surface area contributed by atoms with Crippen LogP contribution >= 0.6 is 27.5 Å². The molecule has 0 bridgehead atoms. The lowest BCUT2D eigenvalue weighted by molar-refractivity contribution is 0.0581. The molecule has 7 heteroatoms. The van der Waals surface area contributed by atoms with Gasteiger partial charge in [0.05, 0.1) is 17.7 Å². The zero-order valence-electron chi connectivity index (χ0n) is 7.43. The number of nitrogens with zero attached hydrogens (tertiary/aromatic N) is 1. The molecule has 0 aliphatic rings. The van der Waals surface area contributed by atoms with Crippen LogP contribution in [0, 0.1) is 0 Å². The van der Waals surface area contributed by atoms with Gasteiger partial charge in [-0.2, -0.15) is 0 Å². The summed E-state index contributed by atoms with van der Waals surface area (Å²) in [5, 5.41) is -0.229. The maximum atomic E-state index is 12.6. The van der Waals surface area contributed by atoms with E-state index in [1.807, 2.05) is 0 Å². The van der Waals surface area contributed by atoms with Gasteiger partial charge in [-0.05, 0) is 22.0 Å². The van der Waals surface area contributed by atoms with Crippen LogP contribution in [0.3, 0.4) is 0 Å². The summed E-state index contributed by atoms with van der Waals surface area (Å²) in [7, 11) is 1.08. The van der Waals surface area contributed by atoms with E-state index in [9.17, 15) is 13.6 Å². The predicted molar refractivity (Wildman–Crippen MR) is 53.2 cm³/mol. The van der Waals surface area contributed by atoms with Gasteiger partial charge in [0.2, 0.25) is 0 Å². The highest BCUT2D eigenvalue weighted by Crippen LogP contribution is 2.31. The van der Waals surface area contributed by atoms with Gasteiger partial charge < -0.3 is 4.74 Å². The van der Waals surface area contributed by atoms with Gasteiger partial charge in [0.25, 0.3) is 6.43 Å². The summed E-state index contributed by atoms with van der Waals surface area (Å²) in [6, 6.07) is 1.19. The van der Waals surface area contributed by atoms with Crippen molar-refractivity contribution in [1.82, 2.24) is 4.98 Å². The number of halogens is 4. The normalized spacial score (nSPS) is 10.5. The molecule has 1 rings (SSSR count). The molecular formula is C8H5BrClF2NO2. The van der Waals surface area contributed by atoms with Crippen molar-refractivity contribution in [3.05, 3.63) is 26.9 Å². The van der Waals surface area contributed by atoms with Crippen LogP contribution in [-0.4, -0.2) is 18.1 Å². The van der Waals surface area contributed by atoms with E-state index in [0.717, 1.165) is 7.11 Å². The summed E-state index contributed by atoms with van der Waals surface area (Å²) in [6.07, 6.45) is -2.88. The molecule has 0 atom stereocenters. The van der Waals surface area contributed by atoms with Crippen LogP contribution in [0.15, 0.2) is 10.7 Å². The van der Waals surface area contributed by atoms with Crippen molar-refractivity contribution >= 4 is 33.5 Å². The van der Waals surface area contributed by atoms with Gasteiger partial charge in [-0.25, -0.2) is 18.6 Å². The Balaban J connectivity index is 3.40. The lowest BCUT2D eigenvalue weighted by Crippen LogP contribution is -2.10. The molecule has 0 unspecified atom stereocenters. The molecule has 1 aromatic heterocycles. The minimum atomic E-state index is -2.88. The summed E-state index contributed by atoms with van der Waals surface area (Å²) in [4.78, 5) is 14.7. The first-order chi connectivity index (χ1) is 6.97. The van der Waals surface area contributed by atoms with Crippen molar-refractivity contribution < 1.29 is 18.3 Å². The number of carbonyl (C=O) groups excluding carboxylic acids is 1. The topological polar surface area (TPSA) is 39.2 Å². The van der Waals surface area contributed by atoms with E-state index in [2.05, 4.69) is 25.7 Å². The first kappa shape index (κ1) is 12.3. The first-order valence-corrected chi connectivity index (χ1v) is 4.87. The monoisotopic (exact) mass is 299 g/mol. The second kappa shape index (κ2) is 4.85. The van der Waals surface area contributed by atoms with E-state index in [-0.39, 0.29) is 9.63 Å². The molecule has 0 aliphatic heterocycles. The number of aromatic nitrogens is 1. The molecule has 0 radical (unpaired) electrons. The van der Waals surface area contributed by atoms with Gasteiger partial charge in [0.15, 0.2) is 5.69 Å². The van der Waals surface area contributed by atoms with Gasteiger partial charge in [-0.3, -0.25) is 0 Å². The predicted octanol–water partition coefficient (Wildman–Crippen LogP) is 3.22. The zero-order chi connectivity index (χ0) is 11.6. The van der Waals surface area contributed by atoms with Crippen molar-refractivity contribution in [2.24, 2.45) is 0 Å². The van der Waals surface area contributed by atoms with Crippen LogP contribution in [0.4, 0.5) is 8.78 Å². The number of rotatable bonds is 2. The molecule has 0 saturated carbocycles. The van der Waals surface area contributed by atoms with Gasteiger partial charge in [0.1, 0.15) is 4.60 Å². The van der Waals surface area contributed by atoms with Crippen molar-refractivity contribution in [2.75, 3.05) is 7.11 Å². The molecule has 82 valence electrons. The van der Waals surface area contributed by atoms with Crippen molar-refractivity contribution in [3.63, 3.8) is 0 Å². The second-order valence-electron chi connectivity index (χ2n) is 2.48. The highest BCUT2D eigenvalue weighted by molar-refractivity contribution is 9.10. The average molecular weight is 300 g/mol. The molecule has 3 nitrogen and oxygen atoms in total. The molecule has 0 N–H and O–H groups in total. The van der Waals surface area contributed by atoms with E-state index in [1.165, 1.54) is 6.07 Å². The Hall–Kier alpha value is -0.750. The van der Waals surface area contributed by atoms with E-state index in [1.54, 1.807) is 0 Å². The third-order valence-corrected chi connectivity index (χ3v) is 2.29. The van der Waals surface area contributed by atoms with Crippen LogP contribution in [0.25, 0.3) is 0 Å². The summed E-state index contributed by atoms with van der Waals surface area (Å²) < 4.78 is 29.7. The minimum absolute atomic E-state index is 0.192. The zero-order valence-corrected chi connectivity index (χ0v) is 9.77. The fourth-order valence-corrected chi connectivity index (χ4v) is 1.77. The highest BCUT2D eigenvalue weighted by atomic mass is 79.9. The summed E-state index contributed by atoms with van der Waals surface area (Å²) in [5.74, 6) is -0.950. The maximum absolute atomic E-state index is 12.6. The standard InChI is InChI=1S/C8H5BrClF2NO2/c1-15-8(14)6-5(7(11)12)3(10)2-4(9)13-6/h2,7H,1H3.